The molecule has 90 valence electrons. The zero-order valence-corrected chi connectivity index (χ0v) is 13.2. The fourth-order valence-corrected chi connectivity index (χ4v) is 3.23. The van der Waals surface area contributed by atoms with Gasteiger partial charge in [-0.3, -0.25) is 0 Å². The molecule has 0 aliphatic rings. The van der Waals surface area contributed by atoms with E-state index in [-0.39, 0.29) is 0 Å². The molecule has 0 atom stereocenters. The van der Waals surface area contributed by atoms with Gasteiger partial charge in [-0.1, -0.05) is 12.2 Å². The number of halogens is 2. The first-order valence-electron chi connectivity index (χ1n) is 4.96. The van der Waals surface area contributed by atoms with Gasteiger partial charge in [0.15, 0.2) is 0 Å². The minimum atomic E-state index is 0.651. The summed E-state index contributed by atoms with van der Waals surface area (Å²) in [6.07, 6.45) is 0. The third kappa shape index (κ3) is 5.59. The van der Waals surface area contributed by atoms with Crippen molar-refractivity contribution in [2.45, 2.75) is 13.5 Å². The lowest BCUT2D eigenvalue weighted by molar-refractivity contribution is 0.158. The molecule has 0 saturated heterocycles. The Morgan fingerprint density at radius 1 is 1.56 bits per heavy atom. The summed E-state index contributed by atoms with van der Waals surface area (Å²) in [6.45, 7) is 8.86. The van der Waals surface area contributed by atoms with Gasteiger partial charge < -0.3 is 10.1 Å². The minimum Gasteiger partial charge on any atom is -0.376 e. The van der Waals surface area contributed by atoms with E-state index >= 15 is 0 Å². The van der Waals surface area contributed by atoms with Gasteiger partial charge >= 0.3 is 0 Å². The maximum Gasteiger partial charge on any atom is 0.0843 e. The Morgan fingerprint density at radius 3 is 2.88 bits per heavy atom. The first-order chi connectivity index (χ1) is 7.59. The SMILES string of the molecule is C=C(C)COCCNCc1cc(Br)c(Br)s1. The van der Waals surface area contributed by atoms with E-state index in [1.54, 1.807) is 11.3 Å². The minimum absolute atomic E-state index is 0.651. The Labute approximate surface area is 117 Å². The van der Waals surface area contributed by atoms with E-state index in [4.69, 9.17) is 4.74 Å². The molecular weight excluding hydrogens is 354 g/mol. The van der Waals surface area contributed by atoms with Crippen LogP contribution in [0.5, 0.6) is 0 Å². The summed E-state index contributed by atoms with van der Waals surface area (Å²) in [5.74, 6) is 0. The quantitative estimate of drug-likeness (QED) is 0.581. The second kappa shape index (κ2) is 7.61. The molecule has 0 aliphatic heterocycles. The molecule has 1 rings (SSSR count). The lowest BCUT2D eigenvalue weighted by Gasteiger charge is -2.04. The van der Waals surface area contributed by atoms with Crippen molar-refractivity contribution in [2.24, 2.45) is 0 Å². The number of rotatable bonds is 7. The highest BCUT2D eigenvalue weighted by molar-refractivity contribution is 9.13. The highest BCUT2D eigenvalue weighted by atomic mass is 79.9. The summed E-state index contributed by atoms with van der Waals surface area (Å²) in [6, 6.07) is 2.12. The largest absolute Gasteiger partial charge is 0.376 e. The Bertz CT molecular complexity index is 332. The molecule has 1 N–H and O–H groups in total. The average molecular weight is 369 g/mol. The number of thiophene rings is 1. The van der Waals surface area contributed by atoms with E-state index in [0.29, 0.717) is 6.61 Å². The summed E-state index contributed by atoms with van der Waals surface area (Å²) in [5.41, 5.74) is 1.06. The Kier molecular flexibility index (Phi) is 6.84. The van der Waals surface area contributed by atoms with Gasteiger partial charge in [0.05, 0.1) is 17.0 Å². The predicted octanol–water partition coefficient (Wildman–Crippen LogP) is 3.96. The Morgan fingerprint density at radius 2 is 2.31 bits per heavy atom. The van der Waals surface area contributed by atoms with Crippen molar-refractivity contribution in [2.75, 3.05) is 19.8 Å². The monoisotopic (exact) mass is 367 g/mol. The fourth-order valence-electron chi connectivity index (χ4n) is 1.08. The smallest absolute Gasteiger partial charge is 0.0843 e. The van der Waals surface area contributed by atoms with Crippen molar-refractivity contribution >= 4 is 43.2 Å². The maximum atomic E-state index is 5.38. The molecule has 0 aliphatic carbocycles. The number of nitrogens with one attached hydrogen (secondary N) is 1. The van der Waals surface area contributed by atoms with E-state index in [9.17, 15) is 0 Å². The Hall–Kier alpha value is 0.320. The van der Waals surface area contributed by atoms with Crippen LogP contribution in [0.1, 0.15) is 11.8 Å². The highest BCUT2D eigenvalue weighted by Gasteiger charge is 2.02. The molecule has 1 aromatic rings. The molecule has 0 bridgehead atoms. The van der Waals surface area contributed by atoms with E-state index in [2.05, 4.69) is 49.8 Å². The van der Waals surface area contributed by atoms with Gasteiger partial charge in [-0.25, -0.2) is 0 Å². The molecule has 5 heteroatoms. The van der Waals surface area contributed by atoms with Crippen molar-refractivity contribution in [3.63, 3.8) is 0 Å². The molecule has 0 amide bonds. The standard InChI is InChI=1S/C11H15Br2NOS/c1-8(2)7-15-4-3-14-6-9-5-10(12)11(13)16-9/h5,14H,1,3-4,6-7H2,2H3. The molecule has 1 heterocycles. The molecule has 0 radical (unpaired) electrons. The van der Waals surface area contributed by atoms with Crippen LogP contribution in [0.4, 0.5) is 0 Å². The maximum absolute atomic E-state index is 5.38. The summed E-state index contributed by atoms with van der Waals surface area (Å²) in [7, 11) is 0. The number of hydrogen-bond donors (Lipinski definition) is 1. The van der Waals surface area contributed by atoms with Gasteiger partial charge in [-0.2, -0.15) is 0 Å². The summed E-state index contributed by atoms with van der Waals surface area (Å²) < 4.78 is 7.64. The lowest BCUT2D eigenvalue weighted by Crippen LogP contribution is -2.19. The predicted molar refractivity (Wildman–Crippen MR) is 77.1 cm³/mol. The first kappa shape index (κ1) is 14.4. The normalized spacial score (nSPS) is 10.7. The van der Waals surface area contributed by atoms with Crippen LogP contribution >= 0.6 is 43.2 Å². The van der Waals surface area contributed by atoms with Gasteiger partial charge in [0.25, 0.3) is 0 Å². The van der Waals surface area contributed by atoms with E-state index < -0.39 is 0 Å². The molecule has 1 aromatic heterocycles. The molecule has 0 aromatic carbocycles. The average Bonchev–Trinajstić information content (AvgIpc) is 2.52. The van der Waals surface area contributed by atoms with Crippen LogP contribution in [0.2, 0.25) is 0 Å². The summed E-state index contributed by atoms with van der Waals surface area (Å²) in [5, 5.41) is 3.33. The van der Waals surface area contributed by atoms with E-state index in [1.807, 2.05) is 6.92 Å². The van der Waals surface area contributed by atoms with Crippen LogP contribution in [0.15, 0.2) is 26.5 Å². The molecule has 0 unspecified atom stereocenters. The topological polar surface area (TPSA) is 21.3 Å². The van der Waals surface area contributed by atoms with Crippen molar-refractivity contribution < 1.29 is 4.74 Å². The van der Waals surface area contributed by atoms with Crippen LogP contribution in [0.25, 0.3) is 0 Å². The third-order valence-electron chi connectivity index (χ3n) is 1.77. The van der Waals surface area contributed by atoms with Crippen molar-refractivity contribution in [3.8, 4) is 0 Å². The number of ether oxygens (including phenoxy) is 1. The second-order valence-electron chi connectivity index (χ2n) is 3.52. The van der Waals surface area contributed by atoms with Crippen molar-refractivity contribution in [1.82, 2.24) is 5.32 Å². The van der Waals surface area contributed by atoms with Crippen molar-refractivity contribution in [3.05, 3.63) is 31.4 Å². The van der Waals surface area contributed by atoms with Crippen LogP contribution in [-0.2, 0) is 11.3 Å². The van der Waals surface area contributed by atoms with Gasteiger partial charge in [0.2, 0.25) is 0 Å². The zero-order valence-electron chi connectivity index (χ0n) is 9.19. The Balaban J connectivity index is 2.09. The van der Waals surface area contributed by atoms with Crippen LogP contribution < -0.4 is 5.32 Å². The highest BCUT2D eigenvalue weighted by Crippen LogP contribution is 2.32. The number of hydrogen-bond acceptors (Lipinski definition) is 3. The van der Waals surface area contributed by atoms with Gasteiger partial charge in [-0.05, 0) is 44.8 Å². The molecule has 16 heavy (non-hydrogen) atoms. The molecular formula is C11H15Br2NOS. The van der Waals surface area contributed by atoms with Crippen LogP contribution in [0, 0.1) is 0 Å². The van der Waals surface area contributed by atoms with Gasteiger partial charge in [-0.15, -0.1) is 11.3 Å². The zero-order chi connectivity index (χ0) is 12.0. The third-order valence-corrected chi connectivity index (χ3v) is 5.02. The van der Waals surface area contributed by atoms with Crippen molar-refractivity contribution in [1.29, 1.82) is 0 Å². The molecule has 2 nitrogen and oxygen atoms in total. The van der Waals surface area contributed by atoms with Crippen LogP contribution in [-0.4, -0.2) is 19.8 Å². The van der Waals surface area contributed by atoms with E-state index in [0.717, 1.165) is 33.5 Å². The molecule has 0 spiro atoms. The molecule has 0 saturated carbocycles. The molecule has 0 fully saturated rings. The van der Waals surface area contributed by atoms with Crippen LogP contribution in [0.3, 0.4) is 0 Å². The van der Waals surface area contributed by atoms with Gasteiger partial charge in [0.1, 0.15) is 0 Å². The second-order valence-corrected chi connectivity index (χ2v) is 6.83. The van der Waals surface area contributed by atoms with Gasteiger partial charge in [0, 0.05) is 22.4 Å². The summed E-state index contributed by atoms with van der Waals surface area (Å²) >= 11 is 8.68. The lowest BCUT2D eigenvalue weighted by atomic mass is 10.4. The first-order valence-corrected chi connectivity index (χ1v) is 7.36. The van der Waals surface area contributed by atoms with E-state index in [1.165, 1.54) is 4.88 Å². The summed E-state index contributed by atoms with van der Waals surface area (Å²) in [4.78, 5) is 1.30. The fraction of sp³-hybridized carbons (Fsp3) is 0.455.